The number of aromatic nitrogens is 4. The molecule has 7 nitrogen and oxygen atoms in total. The van der Waals surface area contributed by atoms with E-state index in [1.807, 2.05) is 24.2 Å². The highest BCUT2D eigenvalue weighted by Crippen LogP contribution is 2.21. The number of aryl methyl sites for hydroxylation is 1. The lowest BCUT2D eigenvalue weighted by atomic mass is 10.0. The molecule has 23 heavy (non-hydrogen) atoms. The molecule has 1 aliphatic heterocycles. The number of likely N-dealkylation sites (tertiary alicyclic amines) is 1. The SMILES string of the molecule is COCC(=O)N1CCC(Cc2cnc(-c3ccnn3C)cn2)C1. The Bertz CT molecular complexity index is 667. The van der Waals surface area contributed by atoms with Gasteiger partial charge in [-0.1, -0.05) is 0 Å². The van der Waals surface area contributed by atoms with Crippen LogP contribution >= 0.6 is 0 Å². The summed E-state index contributed by atoms with van der Waals surface area (Å²) in [5.41, 5.74) is 2.72. The number of methoxy groups -OCH3 is 1. The molecule has 0 radical (unpaired) electrons. The molecule has 0 N–H and O–H groups in total. The van der Waals surface area contributed by atoms with Crippen molar-refractivity contribution in [2.45, 2.75) is 12.8 Å². The number of carbonyl (C=O) groups is 1. The Morgan fingerprint density at radius 1 is 1.39 bits per heavy atom. The van der Waals surface area contributed by atoms with E-state index in [0.29, 0.717) is 5.92 Å². The number of amides is 1. The van der Waals surface area contributed by atoms with Crippen LogP contribution in [0.4, 0.5) is 0 Å². The number of hydrogen-bond acceptors (Lipinski definition) is 5. The smallest absolute Gasteiger partial charge is 0.248 e. The van der Waals surface area contributed by atoms with Gasteiger partial charge in [-0.15, -0.1) is 0 Å². The fraction of sp³-hybridized carbons (Fsp3) is 0.500. The Morgan fingerprint density at radius 2 is 2.26 bits per heavy atom. The van der Waals surface area contributed by atoms with Gasteiger partial charge < -0.3 is 9.64 Å². The van der Waals surface area contributed by atoms with Crippen LogP contribution in [0.5, 0.6) is 0 Å². The van der Waals surface area contributed by atoms with Crippen LogP contribution in [0.25, 0.3) is 11.4 Å². The van der Waals surface area contributed by atoms with E-state index in [1.165, 1.54) is 0 Å². The fourth-order valence-electron chi connectivity index (χ4n) is 2.95. The zero-order valence-corrected chi connectivity index (χ0v) is 13.5. The van der Waals surface area contributed by atoms with Gasteiger partial charge in [0.25, 0.3) is 0 Å². The lowest BCUT2D eigenvalue weighted by molar-refractivity contribution is -0.134. The molecule has 0 bridgehead atoms. The molecule has 1 aliphatic rings. The maximum absolute atomic E-state index is 11.8. The monoisotopic (exact) mass is 315 g/mol. The molecule has 3 rings (SSSR count). The van der Waals surface area contributed by atoms with Gasteiger partial charge in [0.2, 0.25) is 5.91 Å². The highest BCUT2D eigenvalue weighted by molar-refractivity contribution is 5.77. The molecule has 7 heteroatoms. The number of nitrogens with zero attached hydrogens (tertiary/aromatic N) is 5. The van der Waals surface area contributed by atoms with Gasteiger partial charge in [-0.05, 0) is 24.8 Å². The molecule has 1 amide bonds. The molecule has 2 aromatic heterocycles. The van der Waals surface area contributed by atoms with Crippen LogP contribution in [-0.4, -0.2) is 57.4 Å². The van der Waals surface area contributed by atoms with E-state index < -0.39 is 0 Å². The van der Waals surface area contributed by atoms with E-state index in [2.05, 4.69) is 15.1 Å². The summed E-state index contributed by atoms with van der Waals surface area (Å²) in [6, 6.07) is 1.92. The minimum Gasteiger partial charge on any atom is -0.375 e. The van der Waals surface area contributed by atoms with Gasteiger partial charge in [0, 0.05) is 39.6 Å². The summed E-state index contributed by atoms with van der Waals surface area (Å²) in [6.07, 6.45) is 7.20. The molecule has 0 aliphatic carbocycles. The summed E-state index contributed by atoms with van der Waals surface area (Å²) in [5.74, 6) is 0.500. The van der Waals surface area contributed by atoms with Gasteiger partial charge in [-0.25, -0.2) is 0 Å². The predicted octanol–water partition coefficient (Wildman–Crippen LogP) is 0.914. The van der Waals surface area contributed by atoms with Gasteiger partial charge in [-0.3, -0.25) is 19.4 Å². The van der Waals surface area contributed by atoms with Crippen molar-refractivity contribution in [3.05, 3.63) is 30.4 Å². The van der Waals surface area contributed by atoms with E-state index in [1.54, 1.807) is 24.2 Å². The van der Waals surface area contributed by atoms with E-state index in [0.717, 1.165) is 43.0 Å². The summed E-state index contributed by atoms with van der Waals surface area (Å²) >= 11 is 0. The summed E-state index contributed by atoms with van der Waals surface area (Å²) in [5, 5.41) is 4.14. The van der Waals surface area contributed by atoms with Gasteiger partial charge >= 0.3 is 0 Å². The fourth-order valence-corrected chi connectivity index (χ4v) is 2.95. The largest absolute Gasteiger partial charge is 0.375 e. The van der Waals surface area contributed by atoms with E-state index in [4.69, 9.17) is 4.74 Å². The van der Waals surface area contributed by atoms with Crippen molar-refractivity contribution in [3.8, 4) is 11.4 Å². The summed E-state index contributed by atoms with van der Waals surface area (Å²) in [7, 11) is 3.43. The average Bonchev–Trinajstić information content (AvgIpc) is 3.18. The zero-order valence-electron chi connectivity index (χ0n) is 13.5. The van der Waals surface area contributed by atoms with Crippen LogP contribution < -0.4 is 0 Å². The highest BCUT2D eigenvalue weighted by Gasteiger charge is 2.26. The van der Waals surface area contributed by atoms with Gasteiger partial charge in [0.1, 0.15) is 12.3 Å². The molecule has 1 fully saturated rings. The van der Waals surface area contributed by atoms with Crippen molar-refractivity contribution >= 4 is 5.91 Å². The molecule has 3 heterocycles. The van der Waals surface area contributed by atoms with Crippen molar-refractivity contribution in [1.29, 1.82) is 0 Å². The van der Waals surface area contributed by atoms with Crippen molar-refractivity contribution in [2.75, 3.05) is 26.8 Å². The maximum Gasteiger partial charge on any atom is 0.248 e. The van der Waals surface area contributed by atoms with Crippen LogP contribution in [0.15, 0.2) is 24.7 Å². The van der Waals surface area contributed by atoms with E-state index in [-0.39, 0.29) is 12.5 Å². The number of ether oxygens (including phenoxy) is 1. The Kier molecular flexibility index (Phi) is 4.66. The van der Waals surface area contributed by atoms with Crippen LogP contribution in [0, 0.1) is 5.92 Å². The van der Waals surface area contributed by atoms with Gasteiger partial charge in [-0.2, -0.15) is 5.10 Å². The summed E-state index contributed by atoms with van der Waals surface area (Å²) in [6.45, 7) is 1.73. The first-order valence-corrected chi connectivity index (χ1v) is 7.73. The quantitative estimate of drug-likeness (QED) is 0.820. The third kappa shape index (κ3) is 3.56. The van der Waals surface area contributed by atoms with Gasteiger partial charge in [0.15, 0.2) is 0 Å². The standard InChI is InChI=1S/C16H21N5O2/c1-20-15(3-5-19-20)14-9-17-13(8-18-14)7-12-4-6-21(10-12)16(22)11-23-2/h3,5,8-9,12H,4,6-7,10-11H2,1-2H3. The Hall–Kier alpha value is -2.28. The second kappa shape index (κ2) is 6.87. The first kappa shape index (κ1) is 15.6. The molecule has 1 atom stereocenters. The van der Waals surface area contributed by atoms with Gasteiger partial charge in [0.05, 0.1) is 17.6 Å². The Labute approximate surface area is 135 Å². The molecule has 0 saturated carbocycles. The first-order valence-electron chi connectivity index (χ1n) is 7.73. The van der Waals surface area contributed by atoms with E-state index >= 15 is 0 Å². The second-order valence-electron chi connectivity index (χ2n) is 5.86. The van der Waals surface area contributed by atoms with Crippen LogP contribution in [0.2, 0.25) is 0 Å². The number of carbonyl (C=O) groups excluding carboxylic acids is 1. The molecule has 0 spiro atoms. The molecule has 1 saturated heterocycles. The molecule has 122 valence electrons. The molecule has 1 unspecified atom stereocenters. The molecule has 2 aromatic rings. The van der Waals surface area contributed by atoms with Crippen molar-refractivity contribution in [2.24, 2.45) is 13.0 Å². The lowest BCUT2D eigenvalue weighted by Gasteiger charge is -2.15. The lowest BCUT2D eigenvalue weighted by Crippen LogP contribution is -2.31. The molecule has 0 aromatic carbocycles. The molecular formula is C16H21N5O2. The third-order valence-corrected chi connectivity index (χ3v) is 4.19. The molecular weight excluding hydrogens is 294 g/mol. The zero-order chi connectivity index (χ0) is 16.2. The minimum absolute atomic E-state index is 0.0626. The maximum atomic E-state index is 11.8. The van der Waals surface area contributed by atoms with Crippen molar-refractivity contribution < 1.29 is 9.53 Å². The Balaban J connectivity index is 1.59. The normalized spacial score (nSPS) is 17.7. The third-order valence-electron chi connectivity index (χ3n) is 4.19. The highest BCUT2D eigenvalue weighted by atomic mass is 16.5. The van der Waals surface area contributed by atoms with Crippen LogP contribution in [0.1, 0.15) is 12.1 Å². The van der Waals surface area contributed by atoms with Crippen molar-refractivity contribution in [1.82, 2.24) is 24.6 Å². The van der Waals surface area contributed by atoms with Crippen LogP contribution in [-0.2, 0) is 23.0 Å². The number of rotatable bonds is 5. The second-order valence-corrected chi connectivity index (χ2v) is 5.86. The minimum atomic E-state index is 0.0626. The summed E-state index contributed by atoms with van der Waals surface area (Å²) in [4.78, 5) is 22.7. The van der Waals surface area contributed by atoms with E-state index in [9.17, 15) is 4.79 Å². The van der Waals surface area contributed by atoms with Crippen molar-refractivity contribution in [3.63, 3.8) is 0 Å². The predicted molar refractivity (Wildman–Crippen MR) is 84.5 cm³/mol. The summed E-state index contributed by atoms with van der Waals surface area (Å²) < 4.78 is 6.68. The number of hydrogen-bond donors (Lipinski definition) is 0. The Morgan fingerprint density at radius 3 is 2.91 bits per heavy atom. The first-order chi connectivity index (χ1) is 11.2. The topological polar surface area (TPSA) is 73.1 Å². The average molecular weight is 315 g/mol. The van der Waals surface area contributed by atoms with Crippen LogP contribution in [0.3, 0.4) is 0 Å².